The number of hydrogen-bond acceptors (Lipinski definition) is 6. The lowest BCUT2D eigenvalue weighted by atomic mass is 10.3. The molecule has 0 saturated carbocycles. The van der Waals surface area contributed by atoms with E-state index >= 15 is 0 Å². The second kappa shape index (κ2) is 9.30. The summed E-state index contributed by atoms with van der Waals surface area (Å²) in [7, 11) is -3.78. The van der Waals surface area contributed by atoms with Gasteiger partial charge in [0, 0.05) is 23.8 Å². The van der Waals surface area contributed by atoms with E-state index in [1.807, 2.05) is 31.2 Å². The van der Waals surface area contributed by atoms with Crippen molar-refractivity contribution in [1.29, 1.82) is 0 Å². The first-order chi connectivity index (χ1) is 14.0. The van der Waals surface area contributed by atoms with Crippen LogP contribution in [0.4, 0.5) is 17.3 Å². The van der Waals surface area contributed by atoms with E-state index in [2.05, 4.69) is 25.3 Å². The minimum Gasteiger partial charge on any atom is -0.494 e. The van der Waals surface area contributed by atoms with E-state index in [4.69, 9.17) is 17.0 Å². The van der Waals surface area contributed by atoms with Crippen LogP contribution in [0.3, 0.4) is 0 Å². The third-order valence-corrected chi connectivity index (χ3v) is 5.19. The summed E-state index contributed by atoms with van der Waals surface area (Å²) in [5.41, 5.74) is 1.44. The molecule has 3 aromatic rings. The number of anilines is 3. The van der Waals surface area contributed by atoms with Crippen molar-refractivity contribution in [2.24, 2.45) is 0 Å². The number of hydrogen-bond donors (Lipinski definition) is 3. The number of ether oxygens (including phenoxy) is 1. The monoisotopic (exact) mass is 429 g/mol. The number of aromatic nitrogens is 2. The Balaban J connectivity index is 1.60. The van der Waals surface area contributed by atoms with E-state index in [0.29, 0.717) is 17.4 Å². The quantitative estimate of drug-likeness (QED) is 0.490. The van der Waals surface area contributed by atoms with Gasteiger partial charge in [0.25, 0.3) is 10.0 Å². The number of benzene rings is 2. The molecule has 150 valence electrons. The normalized spacial score (nSPS) is 10.8. The lowest BCUT2D eigenvalue weighted by Gasteiger charge is -2.12. The molecule has 0 saturated heterocycles. The van der Waals surface area contributed by atoms with Crippen LogP contribution in [0.1, 0.15) is 6.92 Å². The SMILES string of the molecule is CCOc1ccc(NC(=S)Nc2ccc(S(=O)(=O)Nc3ncccn3)cc2)cc1. The summed E-state index contributed by atoms with van der Waals surface area (Å²) in [6.07, 6.45) is 2.91. The van der Waals surface area contributed by atoms with Crippen molar-refractivity contribution in [3.05, 3.63) is 67.0 Å². The number of thiocarbonyl (C=S) groups is 1. The van der Waals surface area contributed by atoms with Crippen LogP contribution in [-0.2, 0) is 10.0 Å². The zero-order valence-electron chi connectivity index (χ0n) is 15.5. The summed E-state index contributed by atoms with van der Waals surface area (Å²) in [5.74, 6) is 0.790. The highest BCUT2D eigenvalue weighted by atomic mass is 32.2. The lowest BCUT2D eigenvalue weighted by molar-refractivity contribution is 0.340. The predicted molar refractivity (Wildman–Crippen MR) is 117 cm³/mol. The van der Waals surface area contributed by atoms with Crippen molar-refractivity contribution >= 4 is 44.7 Å². The van der Waals surface area contributed by atoms with Crippen molar-refractivity contribution in [3.63, 3.8) is 0 Å². The highest BCUT2D eigenvalue weighted by Gasteiger charge is 2.15. The van der Waals surface area contributed by atoms with Crippen LogP contribution in [-0.4, -0.2) is 30.1 Å². The van der Waals surface area contributed by atoms with E-state index in [0.717, 1.165) is 11.4 Å². The molecular formula is C19H19N5O3S2. The summed E-state index contributed by atoms with van der Waals surface area (Å²) in [6.45, 7) is 2.53. The van der Waals surface area contributed by atoms with Gasteiger partial charge in [-0.3, -0.25) is 0 Å². The number of rotatable bonds is 7. The first-order valence-electron chi connectivity index (χ1n) is 8.67. The van der Waals surface area contributed by atoms with Gasteiger partial charge in [0.2, 0.25) is 5.95 Å². The van der Waals surface area contributed by atoms with Crippen LogP contribution in [0.15, 0.2) is 71.9 Å². The van der Waals surface area contributed by atoms with Crippen molar-refractivity contribution in [2.45, 2.75) is 11.8 Å². The van der Waals surface area contributed by atoms with Gasteiger partial charge in [-0.25, -0.2) is 23.1 Å². The van der Waals surface area contributed by atoms with E-state index in [9.17, 15) is 8.42 Å². The molecule has 0 atom stereocenters. The molecule has 8 nitrogen and oxygen atoms in total. The average molecular weight is 430 g/mol. The molecule has 0 aliphatic heterocycles. The lowest BCUT2D eigenvalue weighted by Crippen LogP contribution is -2.19. The second-order valence-electron chi connectivity index (χ2n) is 5.74. The number of nitrogens with zero attached hydrogens (tertiary/aromatic N) is 2. The van der Waals surface area contributed by atoms with Gasteiger partial charge in [-0.05, 0) is 73.7 Å². The van der Waals surface area contributed by atoms with Crippen LogP contribution in [0.2, 0.25) is 0 Å². The minimum absolute atomic E-state index is 0.00966. The Kier molecular flexibility index (Phi) is 6.57. The Morgan fingerprint density at radius 1 is 0.966 bits per heavy atom. The second-order valence-corrected chi connectivity index (χ2v) is 7.83. The van der Waals surface area contributed by atoms with Gasteiger partial charge in [0.15, 0.2) is 5.11 Å². The predicted octanol–water partition coefficient (Wildman–Crippen LogP) is 3.49. The van der Waals surface area contributed by atoms with Gasteiger partial charge >= 0.3 is 0 Å². The average Bonchev–Trinajstić information content (AvgIpc) is 2.70. The molecular weight excluding hydrogens is 410 g/mol. The molecule has 0 fully saturated rings. The third-order valence-electron chi connectivity index (χ3n) is 3.64. The van der Waals surface area contributed by atoms with Crippen molar-refractivity contribution < 1.29 is 13.2 Å². The molecule has 0 aliphatic carbocycles. The van der Waals surface area contributed by atoms with Crippen LogP contribution in [0, 0.1) is 0 Å². The van der Waals surface area contributed by atoms with E-state index < -0.39 is 10.0 Å². The maximum atomic E-state index is 12.4. The third kappa shape index (κ3) is 5.87. The highest BCUT2D eigenvalue weighted by molar-refractivity contribution is 7.92. The van der Waals surface area contributed by atoms with Crippen molar-refractivity contribution in [3.8, 4) is 5.75 Å². The Bertz CT molecular complexity index is 1060. The fourth-order valence-electron chi connectivity index (χ4n) is 2.34. The van der Waals surface area contributed by atoms with Gasteiger partial charge in [-0.1, -0.05) is 0 Å². The number of nitrogens with one attached hydrogen (secondary N) is 3. The minimum atomic E-state index is -3.78. The summed E-state index contributed by atoms with van der Waals surface area (Å²) in [6, 6.07) is 15.2. The molecule has 29 heavy (non-hydrogen) atoms. The molecule has 0 radical (unpaired) electrons. The Labute approximate surface area is 174 Å². The first kappa shape index (κ1) is 20.5. The summed E-state index contributed by atoms with van der Waals surface area (Å²) in [5, 5.41) is 6.44. The molecule has 0 aliphatic rings. The van der Waals surface area contributed by atoms with Crippen LogP contribution in [0.5, 0.6) is 5.75 Å². The molecule has 1 aromatic heterocycles. The van der Waals surface area contributed by atoms with Gasteiger partial charge in [-0.2, -0.15) is 0 Å². The van der Waals surface area contributed by atoms with Crippen LogP contribution < -0.4 is 20.1 Å². The highest BCUT2D eigenvalue weighted by Crippen LogP contribution is 2.18. The standard InChI is InChI=1S/C19H19N5O3S2/c1-2-27-16-8-4-14(5-9-16)22-19(28)23-15-6-10-17(11-7-15)29(25,26)24-18-20-12-3-13-21-18/h3-13H,2H2,1H3,(H,20,21,24)(H2,22,23,28). The van der Waals surface area contributed by atoms with Gasteiger partial charge in [0.05, 0.1) is 11.5 Å². The maximum Gasteiger partial charge on any atom is 0.264 e. The Morgan fingerprint density at radius 3 is 2.07 bits per heavy atom. The molecule has 0 unspecified atom stereocenters. The van der Waals surface area contributed by atoms with Crippen molar-refractivity contribution in [1.82, 2.24) is 9.97 Å². The Morgan fingerprint density at radius 2 is 1.52 bits per heavy atom. The smallest absolute Gasteiger partial charge is 0.264 e. The summed E-state index contributed by atoms with van der Waals surface area (Å²) in [4.78, 5) is 7.79. The number of sulfonamides is 1. The zero-order chi connectivity index (χ0) is 20.7. The van der Waals surface area contributed by atoms with Crippen LogP contribution >= 0.6 is 12.2 Å². The van der Waals surface area contributed by atoms with Gasteiger partial charge < -0.3 is 15.4 Å². The Hall–Kier alpha value is -3.24. The summed E-state index contributed by atoms with van der Waals surface area (Å²) >= 11 is 5.29. The van der Waals surface area contributed by atoms with Crippen molar-refractivity contribution in [2.75, 3.05) is 22.0 Å². The molecule has 0 bridgehead atoms. The van der Waals surface area contributed by atoms with E-state index in [1.54, 1.807) is 18.2 Å². The van der Waals surface area contributed by atoms with E-state index in [1.165, 1.54) is 24.5 Å². The van der Waals surface area contributed by atoms with Gasteiger partial charge in [0.1, 0.15) is 5.75 Å². The molecule has 3 N–H and O–H groups in total. The molecule has 1 heterocycles. The molecule has 10 heteroatoms. The summed E-state index contributed by atoms with van der Waals surface area (Å²) < 4.78 is 32.5. The fourth-order valence-corrected chi connectivity index (χ4v) is 3.54. The topological polar surface area (TPSA) is 105 Å². The van der Waals surface area contributed by atoms with Gasteiger partial charge in [-0.15, -0.1) is 0 Å². The maximum absolute atomic E-state index is 12.4. The molecule has 2 aromatic carbocycles. The zero-order valence-corrected chi connectivity index (χ0v) is 17.1. The fraction of sp³-hybridized carbons (Fsp3) is 0.105. The van der Waals surface area contributed by atoms with E-state index in [-0.39, 0.29) is 10.8 Å². The van der Waals surface area contributed by atoms with Crippen LogP contribution in [0.25, 0.3) is 0 Å². The largest absolute Gasteiger partial charge is 0.494 e. The first-order valence-corrected chi connectivity index (χ1v) is 10.6. The molecule has 0 spiro atoms. The molecule has 3 rings (SSSR count). The molecule has 0 amide bonds.